The predicted molar refractivity (Wildman–Crippen MR) is 56.1 cm³/mol. The van der Waals surface area contributed by atoms with Crippen LogP contribution >= 0.6 is 11.3 Å². The fourth-order valence-electron chi connectivity index (χ4n) is 1.98. The Labute approximate surface area is 87.8 Å². The van der Waals surface area contributed by atoms with Crippen LogP contribution in [-0.4, -0.2) is 28.6 Å². The predicted octanol–water partition coefficient (Wildman–Crippen LogP) is 2.47. The molecule has 1 aliphatic heterocycles. The van der Waals surface area contributed by atoms with E-state index in [1.807, 2.05) is 10.9 Å². The highest BCUT2D eigenvalue weighted by atomic mass is 32.1. The first kappa shape index (κ1) is 10.1. The molecule has 1 aromatic rings. The molecular weight excluding hydrogens is 199 g/mol. The SMILES string of the molecule is CC1(F)CCCN(Cc2cscn2)C1. The molecule has 0 aromatic carbocycles. The summed E-state index contributed by atoms with van der Waals surface area (Å²) in [5.74, 6) is 0. The molecule has 1 saturated heterocycles. The molecule has 0 N–H and O–H groups in total. The first-order valence-corrected chi connectivity index (χ1v) is 5.88. The average molecular weight is 214 g/mol. The van der Waals surface area contributed by atoms with Crippen LogP contribution in [-0.2, 0) is 6.54 Å². The molecule has 0 aliphatic carbocycles. The third kappa shape index (κ3) is 2.51. The van der Waals surface area contributed by atoms with Crippen LogP contribution in [0.15, 0.2) is 10.9 Å². The van der Waals surface area contributed by atoms with Crippen molar-refractivity contribution in [2.45, 2.75) is 32.0 Å². The Hall–Kier alpha value is -0.480. The van der Waals surface area contributed by atoms with Gasteiger partial charge in [-0.05, 0) is 26.3 Å². The van der Waals surface area contributed by atoms with Gasteiger partial charge < -0.3 is 0 Å². The van der Waals surface area contributed by atoms with E-state index >= 15 is 0 Å². The summed E-state index contributed by atoms with van der Waals surface area (Å²) < 4.78 is 13.7. The van der Waals surface area contributed by atoms with Crippen LogP contribution in [0, 0.1) is 0 Å². The summed E-state index contributed by atoms with van der Waals surface area (Å²) in [4.78, 5) is 6.36. The minimum Gasteiger partial charge on any atom is -0.294 e. The van der Waals surface area contributed by atoms with Gasteiger partial charge in [-0.25, -0.2) is 9.37 Å². The number of likely N-dealkylation sites (tertiary alicyclic amines) is 1. The van der Waals surface area contributed by atoms with Gasteiger partial charge in [0.25, 0.3) is 0 Å². The molecule has 0 spiro atoms. The summed E-state index contributed by atoms with van der Waals surface area (Å²) in [6.07, 6.45) is 1.65. The summed E-state index contributed by atoms with van der Waals surface area (Å²) in [6.45, 7) is 4.03. The summed E-state index contributed by atoms with van der Waals surface area (Å²) in [5, 5.41) is 2.03. The molecule has 1 aliphatic rings. The van der Waals surface area contributed by atoms with Gasteiger partial charge in [-0.15, -0.1) is 11.3 Å². The lowest BCUT2D eigenvalue weighted by molar-refractivity contribution is 0.0557. The average Bonchev–Trinajstić information content (AvgIpc) is 2.54. The van der Waals surface area contributed by atoms with Gasteiger partial charge in [-0.3, -0.25) is 4.90 Å². The largest absolute Gasteiger partial charge is 0.294 e. The second kappa shape index (κ2) is 3.95. The number of hydrogen-bond acceptors (Lipinski definition) is 3. The third-order valence-corrected chi connectivity index (χ3v) is 3.23. The van der Waals surface area contributed by atoms with Gasteiger partial charge in [0.05, 0.1) is 11.2 Å². The lowest BCUT2D eigenvalue weighted by atomic mass is 9.97. The molecule has 14 heavy (non-hydrogen) atoms. The lowest BCUT2D eigenvalue weighted by Crippen LogP contribution is -2.42. The Balaban J connectivity index is 1.92. The van der Waals surface area contributed by atoms with E-state index in [9.17, 15) is 4.39 Å². The zero-order valence-electron chi connectivity index (χ0n) is 8.37. The van der Waals surface area contributed by atoms with Gasteiger partial charge >= 0.3 is 0 Å². The van der Waals surface area contributed by atoms with Crippen molar-refractivity contribution in [3.63, 3.8) is 0 Å². The van der Waals surface area contributed by atoms with Crippen LogP contribution in [0.25, 0.3) is 0 Å². The number of hydrogen-bond donors (Lipinski definition) is 0. The van der Waals surface area contributed by atoms with E-state index in [4.69, 9.17) is 0 Å². The summed E-state index contributed by atoms with van der Waals surface area (Å²) in [7, 11) is 0. The third-order valence-electron chi connectivity index (χ3n) is 2.59. The smallest absolute Gasteiger partial charge is 0.120 e. The number of nitrogens with zero attached hydrogens (tertiary/aromatic N) is 2. The van der Waals surface area contributed by atoms with Crippen LogP contribution < -0.4 is 0 Å². The van der Waals surface area contributed by atoms with E-state index in [2.05, 4.69) is 9.88 Å². The number of piperidine rings is 1. The molecular formula is C10H15FN2S. The zero-order valence-corrected chi connectivity index (χ0v) is 9.19. The quantitative estimate of drug-likeness (QED) is 0.752. The molecule has 2 nitrogen and oxygen atoms in total. The van der Waals surface area contributed by atoms with Gasteiger partial charge in [0, 0.05) is 18.5 Å². The van der Waals surface area contributed by atoms with Crippen LogP contribution in [0.5, 0.6) is 0 Å². The molecule has 2 heterocycles. The van der Waals surface area contributed by atoms with E-state index in [0.717, 1.165) is 25.2 Å². The van der Waals surface area contributed by atoms with Crippen molar-refractivity contribution in [3.8, 4) is 0 Å². The van der Waals surface area contributed by atoms with E-state index in [0.29, 0.717) is 13.0 Å². The van der Waals surface area contributed by atoms with Crippen molar-refractivity contribution in [2.75, 3.05) is 13.1 Å². The zero-order chi connectivity index (χ0) is 10.0. The Morgan fingerprint density at radius 1 is 1.71 bits per heavy atom. The number of halogens is 1. The van der Waals surface area contributed by atoms with Crippen LogP contribution in [0.2, 0.25) is 0 Å². The lowest BCUT2D eigenvalue weighted by Gasteiger charge is -2.34. The minimum atomic E-state index is -1.01. The Bertz CT molecular complexity index is 284. The van der Waals surface area contributed by atoms with E-state index in [1.54, 1.807) is 18.3 Å². The number of aromatic nitrogens is 1. The molecule has 0 amide bonds. The summed E-state index contributed by atoms with van der Waals surface area (Å²) in [6, 6.07) is 0. The molecule has 1 fully saturated rings. The molecule has 1 aromatic heterocycles. The van der Waals surface area contributed by atoms with E-state index < -0.39 is 5.67 Å². The fraction of sp³-hybridized carbons (Fsp3) is 0.700. The second-order valence-electron chi connectivity index (χ2n) is 4.21. The van der Waals surface area contributed by atoms with Crippen molar-refractivity contribution in [3.05, 3.63) is 16.6 Å². The number of thiazole rings is 1. The normalized spacial score (nSPS) is 29.3. The molecule has 1 atom stereocenters. The number of rotatable bonds is 2. The van der Waals surface area contributed by atoms with E-state index in [-0.39, 0.29) is 0 Å². The van der Waals surface area contributed by atoms with Crippen molar-refractivity contribution in [2.24, 2.45) is 0 Å². The molecule has 1 unspecified atom stereocenters. The van der Waals surface area contributed by atoms with Crippen molar-refractivity contribution < 1.29 is 4.39 Å². The van der Waals surface area contributed by atoms with E-state index in [1.165, 1.54) is 0 Å². The Kier molecular flexibility index (Phi) is 2.83. The van der Waals surface area contributed by atoms with Crippen molar-refractivity contribution in [1.29, 1.82) is 0 Å². The van der Waals surface area contributed by atoms with Gasteiger partial charge in [-0.1, -0.05) is 0 Å². The Morgan fingerprint density at radius 2 is 2.57 bits per heavy atom. The Morgan fingerprint density at radius 3 is 3.21 bits per heavy atom. The monoisotopic (exact) mass is 214 g/mol. The molecule has 78 valence electrons. The maximum atomic E-state index is 13.7. The second-order valence-corrected chi connectivity index (χ2v) is 4.93. The molecule has 0 saturated carbocycles. The molecule has 2 rings (SSSR count). The first-order chi connectivity index (χ1) is 6.66. The highest BCUT2D eigenvalue weighted by molar-refractivity contribution is 7.07. The van der Waals surface area contributed by atoms with Crippen LogP contribution in [0.4, 0.5) is 4.39 Å². The maximum Gasteiger partial charge on any atom is 0.120 e. The van der Waals surface area contributed by atoms with Crippen molar-refractivity contribution >= 4 is 11.3 Å². The minimum absolute atomic E-state index is 0.546. The van der Waals surface area contributed by atoms with Gasteiger partial charge in [-0.2, -0.15) is 0 Å². The number of alkyl halides is 1. The topological polar surface area (TPSA) is 16.1 Å². The van der Waals surface area contributed by atoms with Crippen LogP contribution in [0.1, 0.15) is 25.5 Å². The van der Waals surface area contributed by atoms with Gasteiger partial charge in [0.2, 0.25) is 0 Å². The standard InChI is InChI=1S/C10H15FN2S/c1-10(11)3-2-4-13(7-10)5-9-6-14-8-12-9/h6,8H,2-5,7H2,1H3. The summed E-state index contributed by atoms with van der Waals surface area (Å²) in [5.41, 5.74) is 1.88. The highest BCUT2D eigenvalue weighted by Crippen LogP contribution is 2.25. The van der Waals surface area contributed by atoms with Gasteiger partial charge in [0.1, 0.15) is 5.67 Å². The highest BCUT2D eigenvalue weighted by Gasteiger charge is 2.30. The summed E-state index contributed by atoms with van der Waals surface area (Å²) >= 11 is 1.60. The fourth-order valence-corrected chi connectivity index (χ4v) is 2.52. The van der Waals surface area contributed by atoms with Crippen molar-refractivity contribution in [1.82, 2.24) is 9.88 Å². The van der Waals surface area contributed by atoms with Gasteiger partial charge in [0.15, 0.2) is 0 Å². The molecule has 0 radical (unpaired) electrons. The van der Waals surface area contributed by atoms with Crippen LogP contribution in [0.3, 0.4) is 0 Å². The maximum absolute atomic E-state index is 13.7. The molecule has 0 bridgehead atoms. The molecule has 4 heteroatoms. The first-order valence-electron chi connectivity index (χ1n) is 4.94.